The lowest BCUT2D eigenvalue weighted by atomic mass is 9.69. The molecule has 3 aliphatic rings. The molecular weight excluding hydrogens is 546 g/mol. The SMILES string of the molecule is CCCN(C(=O)C1CCCCC1)c1c(NC(=O)C2CCC(C(C)(C)C)CC2)cccc1NC(=O)C1CCC(C(C)(C)C)CC1. The Morgan fingerprint density at radius 2 is 1.09 bits per heavy atom. The summed E-state index contributed by atoms with van der Waals surface area (Å²) in [4.78, 5) is 43.4. The van der Waals surface area contributed by atoms with Crippen LogP contribution in [0.15, 0.2) is 18.2 Å². The Hall–Kier alpha value is -2.37. The zero-order valence-electron chi connectivity index (χ0n) is 28.9. The topological polar surface area (TPSA) is 78.5 Å². The molecule has 0 saturated heterocycles. The van der Waals surface area contributed by atoms with E-state index >= 15 is 0 Å². The van der Waals surface area contributed by atoms with Crippen molar-refractivity contribution in [2.45, 2.75) is 138 Å². The number of anilines is 3. The van der Waals surface area contributed by atoms with Crippen molar-refractivity contribution in [3.05, 3.63) is 18.2 Å². The fraction of sp³-hybridized carbons (Fsp3) is 0.763. The summed E-state index contributed by atoms with van der Waals surface area (Å²) >= 11 is 0. The molecule has 0 heterocycles. The van der Waals surface area contributed by atoms with E-state index in [0.717, 1.165) is 83.5 Å². The van der Waals surface area contributed by atoms with Gasteiger partial charge in [0.25, 0.3) is 0 Å². The van der Waals surface area contributed by atoms with Gasteiger partial charge in [-0.15, -0.1) is 0 Å². The number of hydrogen-bond acceptors (Lipinski definition) is 3. The molecule has 0 bridgehead atoms. The minimum atomic E-state index is -0.0358. The molecule has 3 fully saturated rings. The van der Waals surface area contributed by atoms with Crippen molar-refractivity contribution in [2.24, 2.45) is 40.4 Å². The second kappa shape index (κ2) is 14.8. The van der Waals surface area contributed by atoms with Gasteiger partial charge in [0.1, 0.15) is 0 Å². The lowest BCUT2D eigenvalue weighted by Gasteiger charge is -2.37. The van der Waals surface area contributed by atoms with Crippen LogP contribution in [0.3, 0.4) is 0 Å². The molecule has 0 atom stereocenters. The molecule has 4 rings (SSSR count). The highest BCUT2D eigenvalue weighted by Gasteiger charge is 2.36. The van der Waals surface area contributed by atoms with Gasteiger partial charge in [0, 0.05) is 24.3 Å². The molecule has 0 aromatic heterocycles. The molecule has 44 heavy (non-hydrogen) atoms. The van der Waals surface area contributed by atoms with E-state index < -0.39 is 0 Å². The number of amides is 3. The van der Waals surface area contributed by atoms with Crippen LogP contribution < -0.4 is 15.5 Å². The maximum Gasteiger partial charge on any atom is 0.230 e. The van der Waals surface area contributed by atoms with Crippen molar-refractivity contribution in [3.8, 4) is 0 Å². The third kappa shape index (κ3) is 8.66. The van der Waals surface area contributed by atoms with Gasteiger partial charge in [0.15, 0.2) is 0 Å². The molecule has 1 aromatic carbocycles. The van der Waals surface area contributed by atoms with Crippen LogP contribution in [0.2, 0.25) is 0 Å². The lowest BCUT2D eigenvalue weighted by Crippen LogP contribution is -2.39. The summed E-state index contributed by atoms with van der Waals surface area (Å²) in [7, 11) is 0. The number of carbonyl (C=O) groups is 3. The Morgan fingerprint density at radius 1 is 0.659 bits per heavy atom. The Kier molecular flexibility index (Phi) is 11.6. The second-order valence-corrected chi connectivity index (χ2v) is 16.3. The molecule has 0 spiro atoms. The molecule has 0 unspecified atom stereocenters. The Bertz CT molecular complexity index is 1060. The molecule has 1 aromatic rings. The smallest absolute Gasteiger partial charge is 0.230 e. The first-order chi connectivity index (χ1) is 20.8. The molecule has 6 nitrogen and oxygen atoms in total. The normalized spacial score (nSPS) is 25.2. The largest absolute Gasteiger partial charge is 0.324 e. The van der Waals surface area contributed by atoms with Crippen LogP contribution in [0.5, 0.6) is 0 Å². The summed E-state index contributed by atoms with van der Waals surface area (Å²) in [6.45, 7) is 16.4. The zero-order chi connectivity index (χ0) is 32.1. The average molecular weight is 608 g/mol. The lowest BCUT2D eigenvalue weighted by molar-refractivity contribution is -0.123. The Morgan fingerprint density at radius 3 is 1.48 bits per heavy atom. The molecule has 0 aliphatic heterocycles. The van der Waals surface area contributed by atoms with Crippen molar-refractivity contribution in [3.63, 3.8) is 0 Å². The van der Waals surface area contributed by atoms with Crippen LogP contribution in [0.1, 0.15) is 138 Å². The number of benzene rings is 1. The van der Waals surface area contributed by atoms with Gasteiger partial charge < -0.3 is 15.5 Å². The average Bonchev–Trinajstić information content (AvgIpc) is 2.99. The summed E-state index contributed by atoms with van der Waals surface area (Å²) in [5.74, 6) is 1.37. The zero-order valence-corrected chi connectivity index (χ0v) is 28.9. The molecule has 3 saturated carbocycles. The highest BCUT2D eigenvalue weighted by Crippen LogP contribution is 2.43. The summed E-state index contributed by atoms with van der Waals surface area (Å²) < 4.78 is 0. The minimum absolute atomic E-state index is 0.0111. The van der Waals surface area contributed by atoms with E-state index in [1.54, 1.807) is 0 Å². The summed E-state index contributed by atoms with van der Waals surface area (Å²) in [6, 6.07) is 5.72. The van der Waals surface area contributed by atoms with E-state index in [4.69, 9.17) is 0 Å². The quantitative estimate of drug-likeness (QED) is 0.309. The van der Waals surface area contributed by atoms with Gasteiger partial charge in [-0.25, -0.2) is 0 Å². The van der Waals surface area contributed by atoms with Crippen molar-refractivity contribution >= 4 is 34.8 Å². The van der Waals surface area contributed by atoms with Gasteiger partial charge in [0.2, 0.25) is 17.7 Å². The third-order valence-corrected chi connectivity index (χ3v) is 11.1. The maximum atomic E-state index is 14.1. The highest BCUT2D eigenvalue weighted by molar-refractivity contribution is 6.08. The molecule has 246 valence electrons. The van der Waals surface area contributed by atoms with Gasteiger partial charge in [-0.3, -0.25) is 14.4 Å². The fourth-order valence-corrected chi connectivity index (χ4v) is 8.07. The van der Waals surface area contributed by atoms with Gasteiger partial charge in [0.05, 0.1) is 17.1 Å². The van der Waals surface area contributed by atoms with E-state index in [1.807, 2.05) is 23.1 Å². The summed E-state index contributed by atoms with van der Waals surface area (Å²) in [5, 5.41) is 6.52. The molecule has 6 heteroatoms. The van der Waals surface area contributed by atoms with Gasteiger partial charge in [-0.2, -0.15) is 0 Å². The highest BCUT2D eigenvalue weighted by atomic mass is 16.2. The monoisotopic (exact) mass is 607 g/mol. The minimum Gasteiger partial charge on any atom is -0.324 e. The van der Waals surface area contributed by atoms with Crippen LogP contribution in [0.25, 0.3) is 0 Å². The predicted molar refractivity (Wildman–Crippen MR) is 183 cm³/mol. The summed E-state index contributed by atoms with van der Waals surface area (Å²) in [6.07, 6.45) is 13.7. The van der Waals surface area contributed by atoms with Gasteiger partial charge >= 0.3 is 0 Å². The van der Waals surface area contributed by atoms with Crippen molar-refractivity contribution in [1.82, 2.24) is 0 Å². The van der Waals surface area contributed by atoms with Crippen LogP contribution >= 0.6 is 0 Å². The predicted octanol–water partition coefficient (Wildman–Crippen LogP) is 9.59. The van der Waals surface area contributed by atoms with Crippen LogP contribution in [-0.2, 0) is 14.4 Å². The molecule has 0 radical (unpaired) electrons. The van der Waals surface area contributed by atoms with Gasteiger partial charge in [-0.1, -0.05) is 73.8 Å². The van der Waals surface area contributed by atoms with E-state index in [-0.39, 0.29) is 46.3 Å². The molecule has 3 amide bonds. The van der Waals surface area contributed by atoms with Crippen molar-refractivity contribution in [2.75, 3.05) is 22.1 Å². The Balaban J connectivity index is 1.59. The first kappa shape index (κ1) is 34.5. The van der Waals surface area contributed by atoms with E-state index in [9.17, 15) is 14.4 Å². The van der Waals surface area contributed by atoms with Crippen molar-refractivity contribution < 1.29 is 14.4 Å². The molecule has 3 aliphatic carbocycles. The van der Waals surface area contributed by atoms with Crippen LogP contribution in [-0.4, -0.2) is 24.3 Å². The maximum absolute atomic E-state index is 14.1. The number of carbonyl (C=O) groups excluding carboxylic acids is 3. The molecule has 2 N–H and O–H groups in total. The van der Waals surface area contributed by atoms with E-state index in [2.05, 4.69) is 59.1 Å². The number of nitrogens with zero attached hydrogens (tertiary/aromatic N) is 1. The number of rotatable bonds is 8. The fourth-order valence-electron chi connectivity index (χ4n) is 8.07. The van der Waals surface area contributed by atoms with Gasteiger partial charge in [-0.05, 0) is 105 Å². The van der Waals surface area contributed by atoms with Crippen LogP contribution in [0, 0.1) is 40.4 Å². The number of nitrogens with one attached hydrogen (secondary N) is 2. The van der Waals surface area contributed by atoms with Crippen molar-refractivity contribution in [1.29, 1.82) is 0 Å². The standard InChI is InChI=1S/C38H61N3O3/c1-8-25-41(36(44)28-13-10-9-11-14-28)33-31(39-34(42)26-17-21-29(22-18-26)37(2,3)4)15-12-16-32(33)40-35(43)27-19-23-30(24-20-27)38(5,6)7/h12,15-16,26-30H,8-11,13-14,17-25H2,1-7H3,(H,39,42)(H,40,43). The number of para-hydroxylation sites is 1. The third-order valence-electron chi connectivity index (χ3n) is 11.1. The van der Waals surface area contributed by atoms with Crippen LogP contribution in [0.4, 0.5) is 17.1 Å². The Labute approximate surface area is 267 Å². The first-order valence-corrected chi connectivity index (χ1v) is 17.9. The van der Waals surface area contributed by atoms with E-state index in [0.29, 0.717) is 35.4 Å². The summed E-state index contributed by atoms with van der Waals surface area (Å²) in [5.41, 5.74) is 2.46. The van der Waals surface area contributed by atoms with E-state index in [1.165, 1.54) is 6.42 Å². The number of hydrogen-bond donors (Lipinski definition) is 2. The molecular formula is C38H61N3O3. The second-order valence-electron chi connectivity index (χ2n) is 16.3. The first-order valence-electron chi connectivity index (χ1n) is 17.9.